The van der Waals surface area contributed by atoms with Gasteiger partial charge in [0.1, 0.15) is 0 Å². The topological polar surface area (TPSA) is 24.1 Å². The zero-order valence-corrected chi connectivity index (χ0v) is 16.4. The molecule has 0 unspecified atom stereocenters. The minimum atomic E-state index is -0.0399. The van der Waals surface area contributed by atoms with Crippen LogP contribution in [-0.2, 0) is 0 Å². The summed E-state index contributed by atoms with van der Waals surface area (Å²) in [4.78, 5) is 0. The molecule has 0 saturated heterocycles. The van der Waals surface area contributed by atoms with Crippen molar-refractivity contribution in [3.05, 3.63) is 100 Å². The van der Waals surface area contributed by atoms with Gasteiger partial charge in [-0.3, -0.25) is 0 Å². The van der Waals surface area contributed by atoms with Crippen LogP contribution in [0.3, 0.4) is 0 Å². The molecule has 0 aromatic heterocycles. The molecule has 3 aromatic rings. The molecule has 0 atom stereocenters. The van der Waals surface area contributed by atoms with E-state index in [-0.39, 0.29) is 6.04 Å². The largest absolute Gasteiger partial charge is 0.352 e. The Morgan fingerprint density at radius 3 is 1.92 bits per heavy atom. The predicted molar refractivity (Wildman–Crippen MR) is 115 cm³/mol. The van der Waals surface area contributed by atoms with E-state index in [0.717, 1.165) is 27.9 Å². The molecule has 0 spiro atoms. The van der Waals surface area contributed by atoms with Gasteiger partial charge in [-0.1, -0.05) is 78.3 Å². The maximum Gasteiger partial charge on any atom is 0.171 e. The molecule has 2 nitrogen and oxygen atoms in total. The van der Waals surface area contributed by atoms with Crippen molar-refractivity contribution in [1.29, 1.82) is 0 Å². The van der Waals surface area contributed by atoms with Gasteiger partial charge in [-0.2, -0.15) is 0 Å². The summed E-state index contributed by atoms with van der Waals surface area (Å²) in [5, 5.41) is 7.90. The number of halogens is 1. The molecule has 0 heterocycles. The van der Waals surface area contributed by atoms with E-state index in [1.807, 2.05) is 56.3 Å². The average molecular weight is 381 g/mol. The lowest BCUT2D eigenvalue weighted by molar-refractivity contribution is 0.768. The number of anilines is 1. The highest BCUT2D eigenvalue weighted by atomic mass is 35.5. The average Bonchev–Trinajstić information content (AvgIpc) is 2.64. The third kappa shape index (κ3) is 4.43. The molecule has 132 valence electrons. The summed E-state index contributed by atoms with van der Waals surface area (Å²) in [5.74, 6) is 0. The summed E-state index contributed by atoms with van der Waals surface area (Å²) in [5.41, 5.74) is 5.33. The zero-order valence-electron chi connectivity index (χ0n) is 14.8. The van der Waals surface area contributed by atoms with Gasteiger partial charge in [0.15, 0.2) is 5.11 Å². The number of hydrogen-bond acceptors (Lipinski definition) is 1. The Hall–Kier alpha value is -2.36. The fraction of sp³-hybridized carbons (Fsp3) is 0.136. The van der Waals surface area contributed by atoms with Gasteiger partial charge >= 0.3 is 0 Å². The number of nitrogens with one attached hydrogen (secondary N) is 2. The molecule has 4 heteroatoms. The molecule has 0 saturated carbocycles. The quantitative estimate of drug-likeness (QED) is 0.540. The fourth-order valence-corrected chi connectivity index (χ4v) is 3.59. The molecule has 3 aromatic carbocycles. The molecule has 0 aliphatic rings. The van der Waals surface area contributed by atoms with Crippen LogP contribution in [0.1, 0.15) is 28.3 Å². The summed E-state index contributed by atoms with van der Waals surface area (Å²) in [7, 11) is 0. The van der Waals surface area contributed by atoms with E-state index in [9.17, 15) is 0 Å². The van der Waals surface area contributed by atoms with E-state index >= 15 is 0 Å². The predicted octanol–water partition coefficient (Wildman–Crippen LogP) is 6.03. The minimum Gasteiger partial charge on any atom is -0.352 e. The fourth-order valence-electron chi connectivity index (χ4n) is 3.00. The first-order chi connectivity index (χ1) is 12.5. The molecule has 26 heavy (non-hydrogen) atoms. The summed E-state index contributed by atoms with van der Waals surface area (Å²) in [6, 6.07) is 24.5. The highest BCUT2D eigenvalue weighted by molar-refractivity contribution is 7.80. The van der Waals surface area contributed by atoms with E-state index in [1.54, 1.807) is 0 Å². The van der Waals surface area contributed by atoms with Gasteiger partial charge < -0.3 is 10.6 Å². The van der Waals surface area contributed by atoms with Gasteiger partial charge in [0.25, 0.3) is 0 Å². The number of hydrogen-bond donors (Lipinski definition) is 2. The second-order valence-corrected chi connectivity index (χ2v) is 7.11. The Labute approximate surface area is 165 Å². The maximum atomic E-state index is 6.40. The van der Waals surface area contributed by atoms with Crippen LogP contribution < -0.4 is 10.6 Å². The Balaban J connectivity index is 1.85. The van der Waals surface area contributed by atoms with Crippen LogP contribution in [0, 0.1) is 13.8 Å². The third-order valence-electron chi connectivity index (χ3n) is 4.21. The van der Waals surface area contributed by atoms with E-state index in [0.29, 0.717) is 10.1 Å². The van der Waals surface area contributed by atoms with E-state index in [4.69, 9.17) is 23.8 Å². The van der Waals surface area contributed by atoms with E-state index in [1.165, 1.54) is 0 Å². The van der Waals surface area contributed by atoms with Crippen LogP contribution in [0.2, 0.25) is 5.02 Å². The normalized spacial score (nSPS) is 10.6. The van der Waals surface area contributed by atoms with Crippen molar-refractivity contribution in [3.8, 4) is 0 Å². The lowest BCUT2D eigenvalue weighted by atomic mass is 9.99. The maximum absolute atomic E-state index is 6.40. The molecule has 0 aliphatic heterocycles. The number of aryl methyl sites for hydroxylation is 2. The Morgan fingerprint density at radius 2 is 1.42 bits per heavy atom. The smallest absolute Gasteiger partial charge is 0.171 e. The lowest BCUT2D eigenvalue weighted by Crippen LogP contribution is -2.33. The molecule has 0 radical (unpaired) electrons. The van der Waals surface area contributed by atoms with Gasteiger partial charge in [0.05, 0.1) is 16.8 Å². The second-order valence-electron chi connectivity index (χ2n) is 6.29. The van der Waals surface area contributed by atoms with Gasteiger partial charge in [0.2, 0.25) is 0 Å². The first kappa shape index (κ1) is 18.4. The molecular formula is C22H21ClN2S. The molecule has 3 rings (SSSR count). The van der Waals surface area contributed by atoms with Crippen LogP contribution in [0.25, 0.3) is 0 Å². The summed E-state index contributed by atoms with van der Waals surface area (Å²) in [6.07, 6.45) is 0. The number of rotatable bonds is 4. The molecule has 0 aliphatic carbocycles. The lowest BCUT2D eigenvalue weighted by Gasteiger charge is -2.23. The number of thiocarbonyl (C=S) groups is 1. The van der Waals surface area contributed by atoms with Crippen LogP contribution in [-0.4, -0.2) is 5.11 Å². The van der Waals surface area contributed by atoms with Gasteiger partial charge in [-0.05, 0) is 54.4 Å². The Kier molecular flexibility index (Phi) is 5.92. The van der Waals surface area contributed by atoms with Gasteiger partial charge in [0, 0.05) is 0 Å². The monoisotopic (exact) mass is 380 g/mol. The van der Waals surface area contributed by atoms with Crippen molar-refractivity contribution in [1.82, 2.24) is 5.32 Å². The van der Waals surface area contributed by atoms with Crippen molar-refractivity contribution in [2.75, 3.05) is 5.32 Å². The highest BCUT2D eigenvalue weighted by Gasteiger charge is 2.16. The number of benzene rings is 3. The molecule has 0 bridgehead atoms. The van der Waals surface area contributed by atoms with Crippen molar-refractivity contribution >= 4 is 34.6 Å². The highest BCUT2D eigenvalue weighted by Crippen LogP contribution is 2.28. The van der Waals surface area contributed by atoms with Crippen molar-refractivity contribution in [2.45, 2.75) is 19.9 Å². The van der Waals surface area contributed by atoms with E-state index < -0.39 is 0 Å². The molecule has 0 fully saturated rings. The molecular weight excluding hydrogens is 360 g/mol. The zero-order chi connectivity index (χ0) is 18.5. The minimum absolute atomic E-state index is 0.0399. The van der Waals surface area contributed by atoms with Crippen LogP contribution in [0.5, 0.6) is 0 Å². The van der Waals surface area contributed by atoms with Crippen molar-refractivity contribution in [2.24, 2.45) is 0 Å². The Morgan fingerprint density at radius 1 is 0.885 bits per heavy atom. The molecule has 2 N–H and O–H groups in total. The third-order valence-corrected chi connectivity index (χ3v) is 4.73. The first-order valence-electron chi connectivity index (χ1n) is 8.49. The Bertz CT molecular complexity index is 832. The SMILES string of the molecule is Cc1cc(C)c(NC(=S)NC(c2ccccc2)c2ccccc2)c(Cl)c1. The van der Waals surface area contributed by atoms with Crippen LogP contribution in [0.15, 0.2) is 72.8 Å². The van der Waals surface area contributed by atoms with E-state index in [2.05, 4.69) is 41.0 Å². The van der Waals surface area contributed by atoms with Gasteiger partial charge in [-0.15, -0.1) is 0 Å². The van der Waals surface area contributed by atoms with Gasteiger partial charge in [-0.25, -0.2) is 0 Å². The standard InChI is InChI=1S/C22H21ClN2S/c1-15-13-16(2)20(19(23)14-15)24-22(26)25-21(17-9-5-3-6-10-17)18-11-7-4-8-12-18/h3-14,21H,1-2H3,(H2,24,25,26). The summed E-state index contributed by atoms with van der Waals surface area (Å²) in [6.45, 7) is 4.05. The van der Waals surface area contributed by atoms with Crippen LogP contribution in [0.4, 0.5) is 5.69 Å². The second kappa shape index (κ2) is 8.35. The first-order valence-corrected chi connectivity index (χ1v) is 9.27. The summed E-state index contributed by atoms with van der Waals surface area (Å²) >= 11 is 12.0. The van der Waals surface area contributed by atoms with Crippen LogP contribution >= 0.6 is 23.8 Å². The molecule has 0 amide bonds. The van der Waals surface area contributed by atoms with Crippen molar-refractivity contribution in [3.63, 3.8) is 0 Å². The summed E-state index contributed by atoms with van der Waals surface area (Å²) < 4.78 is 0. The van der Waals surface area contributed by atoms with Crippen molar-refractivity contribution < 1.29 is 0 Å².